The first-order valence-corrected chi connectivity index (χ1v) is 7.23. The summed E-state index contributed by atoms with van der Waals surface area (Å²) in [7, 11) is 0.181. The minimum atomic E-state index is -3.29. The summed E-state index contributed by atoms with van der Waals surface area (Å²) in [5.74, 6) is 0.291. The van der Waals surface area contributed by atoms with E-state index in [1.54, 1.807) is 7.05 Å². The van der Waals surface area contributed by atoms with Gasteiger partial charge in [-0.1, -0.05) is 20.3 Å². The second-order valence-electron chi connectivity index (χ2n) is 4.19. The first-order chi connectivity index (χ1) is 7.44. The van der Waals surface area contributed by atoms with Crippen LogP contribution in [-0.4, -0.2) is 46.5 Å². The first-order valence-electron chi connectivity index (χ1n) is 5.79. The van der Waals surface area contributed by atoms with E-state index >= 15 is 0 Å². The molecule has 16 heavy (non-hydrogen) atoms. The highest BCUT2D eigenvalue weighted by Gasteiger charge is 2.17. The third kappa shape index (κ3) is 6.42. The van der Waals surface area contributed by atoms with Crippen molar-refractivity contribution < 1.29 is 8.42 Å². The molecule has 0 aromatic heterocycles. The van der Waals surface area contributed by atoms with Gasteiger partial charge in [0.15, 0.2) is 0 Å². The van der Waals surface area contributed by atoms with Crippen LogP contribution in [0, 0.1) is 5.92 Å². The number of nitrogens with zero attached hydrogens (tertiary/aromatic N) is 1. The van der Waals surface area contributed by atoms with Crippen LogP contribution in [0.2, 0.25) is 0 Å². The van der Waals surface area contributed by atoms with Gasteiger partial charge in [0.2, 0.25) is 0 Å². The Labute approximate surface area is 99.8 Å². The quantitative estimate of drug-likeness (QED) is 0.624. The van der Waals surface area contributed by atoms with Crippen molar-refractivity contribution in [1.82, 2.24) is 14.3 Å². The zero-order chi connectivity index (χ0) is 12.6. The summed E-state index contributed by atoms with van der Waals surface area (Å²) >= 11 is 0. The van der Waals surface area contributed by atoms with Crippen LogP contribution in [0.15, 0.2) is 0 Å². The second-order valence-corrected chi connectivity index (χ2v) is 6.05. The molecule has 0 rings (SSSR count). The van der Waals surface area contributed by atoms with Gasteiger partial charge in [-0.3, -0.25) is 0 Å². The molecule has 0 fully saturated rings. The van der Waals surface area contributed by atoms with Crippen LogP contribution < -0.4 is 10.0 Å². The van der Waals surface area contributed by atoms with Crippen LogP contribution >= 0.6 is 0 Å². The van der Waals surface area contributed by atoms with E-state index in [-0.39, 0.29) is 0 Å². The third-order valence-electron chi connectivity index (χ3n) is 2.40. The van der Waals surface area contributed by atoms with Gasteiger partial charge in [-0.2, -0.15) is 12.7 Å². The summed E-state index contributed by atoms with van der Waals surface area (Å²) in [5, 5.41) is 3.02. The van der Waals surface area contributed by atoms with Crippen molar-refractivity contribution in [3.8, 4) is 0 Å². The molecule has 2 N–H and O–H groups in total. The molecule has 1 atom stereocenters. The van der Waals surface area contributed by atoms with Gasteiger partial charge in [-0.05, 0) is 25.9 Å². The number of hydrogen-bond acceptors (Lipinski definition) is 3. The molecule has 5 nitrogen and oxygen atoms in total. The maximum atomic E-state index is 11.7. The summed E-state index contributed by atoms with van der Waals surface area (Å²) in [6.45, 7) is 5.90. The minimum absolute atomic E-state index is 0.291. The van der Waals surface area contributed by atoms with E-state index in [4.69, 9.17) is 0 Å². The van der Waals surface area contributed by atoms with Gasteiger partial charge >= 0.3 is 0 Å². The fraction of sp³-hybridized carbons (Fsp3) is 1.00. The molecule has 0 saturated heterocycles. The van der Waals surface area contributed by atoms with Gasteiger partial charge < -0.3 is 5.32 Å². The van der Waals surface area contributed by atoms with E-state index in [9.17, 15) is 8.42 Å². The largest absolute Gasteiger partial charge is 0.319 e. The van der Waals surface area contributed by atoms with Crippen molar-refractivity contribution in [2.45, 2.75) is 26.7 Å². The zero-order valence-electron chi connectivity index (χ0n) is 10.8. The van der Waals surface area contributed by atoms with Crippen LogP contribution in [0.1, 0.15) is 26.7 Å². The predicted octanol–water partition coefficient (Wildman–Crippen LogP) is 0.408. The summed E-state index contributed by atoms with van der Waals surface area (Å²) in [6.07, 6.45) is 1.89. The summed E-state index contributed by atoms with van der Waals surface area (Å²) < 4.78 is 27.5. The van der Waals surface area contributed by atoms with Gasteiger partial charge in [0, 0.05) is 20.1 Å². The van der Waals surface area contributed by atoms with E-state index in [2.05, 4.69) is 10.0 Å². The second kappa shape index (κ2) is 8.00. The van der Waals surface area contributed by atoms with Crippen LogP contribution in [0.25, 0.3) is 0 Å². The molecule has 0 heterocycles. The van der Waals surface area contributed by atoms with Gasteiger partial charge in [0.1, 0.15) is 0 Å². The Bertz CT molecular complexity index is 267. The molecular weight excluding hydrogens is 226 g/mol. The van der Waals surface area contributed by atoms with E-state index < -0.39 is 10.2 Å². The average Bonchev–Trinajstić information content (AvgIpc) is 2.23. The average molecular weight is 251 g/mol. The molecule has 0 aromatic rings. The Morgan fingerprint density at radius 3 is 2.44 bits per heavy atom. The van der Waals surface area contributed by atoms with Gasteiger partial charge in [0.05, 0.1) is 0 Å². The Balaban J connectivity index is 4.03. The first kappa shape index (κ1) is 15.8. The predicted molar refractivity (Wildman–Crippen MR) is 67.6 cm³/mol. The molecule has 0 saturated carbocycles. The molecule has 0 radical (unpaired) electrons. The van der Waals surface area contributed by atoms with Crippen molar-refractivity contribution in [2.75, 3.05) is 33.7 Å². The molecule has 98 valence electrons. The fourth-order valence-corrected chi connectivity index (χ4v) is 2.36. The lowest BCUT2D eigenvalue weighted by molar-refractivity contribution is 0.439. The Morgan fingerprint density at radius 2 is 1.94 bits per heavy atom. The molecular formula is C10H25N3O2S. The minimum Gasteiger partial charge on any atom is -0.319 e. The molecule has 1 unspecified atom stereocenters. The molecule has 0 aliphatic carbocycles. The maximum absolute atomic E-state index is 11.7. The van der Waals surface area contributed by atoms with Crippen molar-refractivity contribution in [3.05, 3.63) is 0 Å². The van der Waals surface area contributed by atoms with Crippen molar-refractivity contribution in [1.29, 1.82) is 0 Å². The number of unbranched alkanes of at least 4 members (excludes halogenated alkanes) is 1. The SMILES string of the molecule is CCCCN(C)S(=O)(=O)NCC(C)CNC. The molecule has 0 bridgehead atoms. The van der Waals surface area contributed by atoms with Crippen molar-refractivity contribution in [2.24, 2.45) is 5.92 Å². The van der Waals surface area contributed by atoms with Crippen LogP contribution in [0.3, 0.4) is 0 Å². The lowest BCUT2D eigenvalue weighted by atomic mass is 10.2. The van der Waals surface area contributed by atoms with Crippen LogP contribution in [0.4, 0.5) is 0 Å². The lowest BCUT2D eigenvalue weighted by Gasteiger charge is -2.19. The Morgan fingerprint density at radius 1 is 1.31 bits per heavy atom. The smallest absolute Gasteiger partial charge is 0.279 e. The molecule has 6 heteroatoms. The topological polar surface area (TPSA) is 61.4 Å². The number of hydrogen-bond donors (Lipinski definition) is 2. The van der Waals surface area contributed by atoms with Crippen molar-refractivity contribution >= 4 is 10.2 Å². The summed E-state index contributed by atoms with van der Waals surface area (Å²) in [6, 6.07) is 0. The van der Waals surface area contributed by atoms with Crippen LogP contribution in [0.5, 0.6) is 0 Å². The monoisotopic (exact) mass is 251 g/mol. The van der Waals surface area contributed by atoms with E-state index in [1.165, 1.54) is 4.31 Å². The molecule has 0 aliphatic rings. The summed E-state index contributed by atoms with van der Waals surface area (Å²) in [4.78, 5) is 0. The standard InChI is InChI=1S/C10H25N3O2S/c1-5-6-7-13(4)16(14,15)12-9-10(2)8-11-3/h10-12H,5-9H2,1-4H3. The molecule has 0 spiro atoms. The highest BCUT2D eigenvalue weighted by molar-refractivity contribution is 7.87. The highest BCUT2D eigenvalue weighted by atomic mass is 32.2. The maximum Gasteiger partial charge on any atom is 0.279 e. The highest BCUT2D eigenvalue weighted by Crippen LogP contribution is 1.99. The number of nitrogens with one attached hydrogen (secondary N) is 2. The normalized spacial score (nSPS) is 14.3. The van der Waals surface area contributed by atoms with E-state index in [1.807, 2.05) is 20.9 Å². The van der Waals surface area contributed by atoms with Gasteiger partial charge in [-0.25, -0.2) is 4.72 Å². The van der Waals surface area contributed by atoms with E-state index in [0.717, 1.165) is 19.4 Å². The molecule has 0 amide bonds. The van der Waals surface area contributed by atoms with Crippen LogP contribution in [-0.2, 0) is 10.2 Å². The Kier molecular flexibility index (Phi) is 7.91. The summed E-state index contributed by atoms with van der Waals surface area (Å²) in [5.41, 5.74) is 0. The lowest BCUT2D eigenvalue weighted by Crippen LogP contribution is -2.41. The molecule has 0 aromatic carbocycles. The Hall–Kier alpha value is -0.170. The van der Waals surface area contributed by atoms with Gasteiger partial charge in [0.25, 0.3) is 10.2 Å². The zero-order valence-corrected chi connectivity index (χ0v) is 11.6. The van der Waals surface area contributed by atoms with Crippen molar-refractivity contribution in [3.63, 3.8) is 0 Å². The molecule has 0 aliphatic heterocycles. The third-order valence-corrected chi connectivity index (χ3v) is 3.94. The van der Waals surface area contributed by atoms with Gasteiger partial charge in [-0.15, -0.1) is 0 Å². The fourth-order valence-electron chi connectivity index (χ4n) is 1.28. The van der Waals surface area contributed by atoms with E-state index in [0.29, 0.717) is 19.0 Å². The number of rotatable bonds is 9.